The number of carbonyl (C=O) groups excluding carboxylic acids is 1. The molecular weight excluding hydrogens is 365 g/mol. The van der Waals surface area contributed by atoms with Gasteiger partial charge in [-0.05, 0) is 25.5 Å². The SMILES string of the molecule is Cc1cnc(-c2nnc([C@H]3CCN(C(=O)COc4ccccc4F)C3)o2)cn1. The fraction of sp³-hybridized carbons (Fsp3) is 0.316. The third-order valence-corrected chi connectivity index (χ3v) is 4.52. The number of aromatic nitrogens is 4. The molecule has 0 N–H and O–H groups in total. The average molecular weight is 383 g/mol. The number of para-hydroxylation sites is 1. The summed E-state index contributed by atoms with van der Waals surface area (Å²) in [6.07, 6.45) is 3.91. The number of benzene rings is 1. The van der Waals surface area contributed by atoms with Gasteiger partial charge < -0.3 is 14.1 Å². The van der Waals surface area contributed by atoms with Gasteiger partial charge >= 0.3 is 0 Å². The zero-order valence-corrected chi connectivity index (χ0v) is 15.2. The van der Waals surface area contributed by atoms with E-state index in [1.807, 2.05) is 6.92 Å². The Kier molecular flexibility index (Phi) is 4.96. The van der Waals surface area contributed by atoms with Crippen molar-refractivity contribution in [3.8, 4) is 17.3 Å². The van der Waals surface area contributed by atoms with Crippen molar-refractivity contribution < 1.29 is 18.3 Å². The molecular formula is C19H18FN5O3. The topological polar surface area (TPSA) is 94.2 Å². The minimum atomic E-state index is -0.493. The number of hydrogen-bond donors (Lipinski definition) is 0. The molecule has 0 saturated carbocycles. The molecule has 0 aliphatic carbocycles. The molecule has 1 aliphatic heterocycles. The van der Waals surface area contributed by atoms with Crippen molar-refractivity contribution in [1.29, 1.82) is 0 Å². The maximum absolute atomic E-state index is 13.6. The van der Waals surface area contributed by atoms with Gasteiger partial charge in [0.15, 0.2) is 18.2 Å². The first-order valence-electron chi connectivity index (χ1n) is 8.87. The summed E-state index contributed by atoms with van der Waals surface area (Å²) >= 11 is 0. The predicted octanol–water partition coefficient (Wildman–Crippen LogP) is 2.37. The van der Waals surface area contributed by atoms with E-state index < -0.39 is 5.82 Å². The molecule has 1 saturated heterocycles. The monoisotopic (exact) mass is 383 g/mol. The molecule has 3 heterocycles. The highest BCUT2D eigenvalue weighted by molar-refractivity contribution is 5.78. The van der Waals surface area contributed by atoms with E-state index in [0.717, 1.165) is 5.69 Å². The number of amides is 1. The molecule has 1 atom stereocenters. The Morgan fingerprint density at radius 2 is 2.14 bits per heavy atom. The largest absolute Gasteiger partial charge is 0.481 e. The van der Waals surface area contributed by atoms with Crippen LogP contribution in [0.25, 0.3) is 11.6 Å². The summed E-state index contributed by atoms with van der Waals surface area (Å²) in [5.74, 6) is 0.0596. The Morgan fingerprint density at radius 1 is 1.29 bits per heavy atom. The van der Waals surface area contributed by atoms with Crippen LogP contribution in [0.4, 0.5) is 4.39 Å². The first kappa shape index (κ1) is 18.0. The summed E-state index contributed by atoms with van der Waals surface area (Å²) in [6, 6.07) is 6.00. The van der Waals surface area contributed by atoms with E-state index in [2.05, 4.69) is 20.2 Å². The molecule has 3 aromatic rings. The van der Waals surface area contributed by atoms with Gasteiger partial charge in [0.1, 0.15) is 5.69 Å². The molecule has 9 heteroatoms. The fourth-order valence-electron chi connectivity index (χ4n) is 2.99. The number of nitrogens with zero attached hydrogens (tertiary/aromatic N) is 5. The zero-order chi connectivity index (χ0) is 19.5. The number of halogens is 1. The Labute approximate surface area is 160 Å². The smallest absolute Gasteiger partial charge is 0.267 e. The number of carbonyl (C=O) groups is 1. The lowest BCUT2D eigenvalue weighted by Gasteiger charge is -2.16. The van der Waals surface area contributed by atoms with E-state index in [1.165, 1.54) is 12.1 Å². The van der Waals surface area contributed by atoms with Gasteiger partial charge in [-0.15, -0.1) is 10.2 Å². The summed E-state index contributed by atoms with van der Waals surface area (Å²) < 4.78 is 24.6. The van der Waals surface area contributed by atoms with Crippen LogP contribution in [0, 0.1) is 12.7 Å². The lowest BCUT2D eigenvalue weighted by molar-refractivity contribution is -0.132. The number of rotatable bonds is 5. The highest BCUT2D eigenvalue weighted by Crippen LogP contribution is 2.28. The molecule has 8 nitrogen and oxygen atoms in total. The first-order chi connectivity index (χ1) is 13.6. The second kappa shape index (κ2) is 7.71. The predicted molar refractivity (Wildman–Crippen MR) is 95.9 cm³/mol. The quantitative estimate of drug-likeness (QED) is 0.667. The van der Waals surface area contributed by atoms with Crippen molar-refractivity contribution in [3.05, 3.63) is 54.1 Å². The van der Waals surface area contributed by atoms with E-state index in [4.69, 9.17) is 9.15 Å². The molecule has 0 unspecified atom stereocenters. The molecule has 1 aromatic carbocycles. The van der Waals surface area contributed by atoms with E-state index in [9.17, 15) is 9.18 Å². The highest BCUT2D eigenvalue weighted by Gasteiger charge is 2.31. The van der Waals surface area contributed by atoms with Crippen molar-refractivity contribution in [2.75, 3.05) is 19.7 Å². The second-order valence-electron chi connectivity index (χ2n) is 6.53. The molecule has 144 valence electrons. The van der Waals surface area contributed by atoms with Crippen LogP contribution in [0.2, 0.25) is 0 Å². The summed E-state index contributed by atoms with van der Waals surface area (Å²) in [5.41, 5.74) is 1.31. The molecule has 0 bridgehead atoms. The number of ether oxygens (including phenoxy) is 1. The van der Waals surface area contributed by atoms with Crippen LogP contribution in [0.1, 0.15) is 23.9 Å². The normalized spacial score (nSPS) is 16.4. The van der Waals surface area contributed by atoms with Crippen LogP contribution in [0.3, 0.4) is 0 Å². The van der Waals surface area contributed by atoms with Crippen LogP contribution in [-0.4, -0.2) is 50.7 Å². The maximum atomic E-state index is 13.6. The van der Waals surface area contributed by atoms with Crippen LogP contribution >= 0.6 is 0 Å². The fourth-order valence-corrected chi connectivity index (χ4v) is 2.99. The molecule has 1 amide bonds. The Morgan fingerprint density at radius 3 is 2.93 bits per heavy atom. The average Bonchev–Trinajstić information content (AvgIpc) is 3.37. The van der Waals surface area contributed by atoms with Gasteiger partial charge in [0.05, 0.1) is 17.8 Å². The second-order valence-corrected chi connectivity index (χ2v) is 6.53. The van der Waals surface area contributed by atoms with Gasteiger partial charge in [-0.1, -0.05) is 12.1 Å². The van der Waals surface area contributed by atoms with E-state index in [-0.39, 0.29) is 24.2 Å². The van der Waals surface area contributed by atoms with Gasteiger partial charge in [-0.2, -0.15) is 0 Å². The minimum Gasteiger partial charge on any atom is -0.481 e. The van der Waals surface area contributed by atoms with Crippen molar-refractivity contribution in [2.24, 2.45) is 0 Å². The molecule has 0 radical (unpaired) electrons. The summed E-state index contributed by atoms with van der Waals surface area (Å²) in [7, 11) is 0. The van der Waals surface area contributed by atoms with Crippen molar-refractivity contribution >= 4 is 5.91 Å². The van der Waals surface area contributed by atoms with Crippen LogP contribution in [-0.2, 0) is 4.79 Å². The zero-order valence-electron chi connectivity index (χ0n) is 15.2. The Bertz CT molecular complexity index is 976. The number of hydrogen-bond acceptors (Lipinski definition) is 7. The van der Waals surface area contributed by atoms with Crippen molar-refractivity contribution in [1.82, 2.24) is 25.1 Å². The van der Waals surface area contributed by atoms with E-state index in [1.54, 1.807) is 29.4 Å². The summed E-state index contributed by atoms with van der Waals surface area (Å²) in [5, 5.41) is 8.12. The first-order valence-corrected chi connectivity index (χ1v) is 8.87. The lowest BCUT2D eigenvalue weighted by atomic mass is 10.1. The molecule has 1 aliphatic rings. The lowest BCUT2D eigenvalue weighted by Crippen LogP contribution is -2.33. The highest BCUT2D eigenvalue weighted by atomic mass is 19.1. The van der Waals surface area contributed by atoms with Gasteiger partial charge in [0.2, 0.25) is 5.89 Å². The maximum Gasteiger partial charge on any atom is 0.267 e. The minimum absolute atomic E-state index is 0.0583. The van der Waals surface area contributed by atoms with Crippen molar-refractivity contribution in [3.63, 3.8) is 0 Å². The molecule has 28 heavy (non-hydrogen) atoms. The Hall–Kier alpha value is -3.36. The van der Waals surface area contributed by atoms with Crippen molar-refractivity contribution in [2.45, 2.75) is 19.3 Å². The summed E-state index contributed by atoms with van der Waals surface area (Å²) in [4.78, 5) is 22.4. The van der Waals surface area contributed by atoms with Crippen LogP contribution < -0.4 is 4.74 Å². The molecule has 2 aromatic heterocycles. The molecule has 0 spiro atoms. The third-order valence-electron chi connectivity index (χ3n) is 4.52. The van der Waals surface area contributed by atoms with Gasteiger partial charge in [-0.25, -0.2) is 9.37 Å². The number of aryl methyl sites for hydroxylation is 1. The van der Waals surface area contributed by atoms with Gasteiger partial charge in [0, 0.05) is 19.3 Å². The van der Waals surface area contributed by atoms with E-state index in [0.29, 0.717) is 37.0 Å². The number of likely N-dealkylation sites (tertiary alicyclic amines) is 1. The van der Waals surface area contributed by atoms with Gasteiger partial charge in [0.25, 0.3) is 11.8 Å². The van der Waals surface area contributed by atoms with Crippen LogP contribution in [0.5, 0.6) is 5.75 Å². The Balaban J connectivity index is 1.35. The molecule has 4 rings (SSSR count). The van der Waals surface area contributed by atoms with E-state index >= 15 is 0 Å². The van der Waals surface area contributed by atoms with Gasteiger partial charge in [-0.3, -0.25) is 9.78 Å². The summed E-state index contributed by atoms with van der Waals surface area (Å²) in [6.45, 7) is 2.62. The van der Waals surface area contributed by atoms with Crippen LogP contribution in [0.15, 0.2) is 41.1 Å². The molecule has 1 fully saturated rings. The standard InChI is InChI=1S/C19H18FN5O3/c1-12-8-22-15(9-21-12)19-24-23-18(28-19)13-6-7-25(10-13)17(26)11-27-16-5-3-2-4-14(16)20/h2-5,8-9,13H,6-7,10-11H2,1H3/t13-/m0/s1. The third kappa shape index (κ3) is 3.83.